The summed E-state index contributed by atoms with van der Waals surface area (Å²) in [5.41, 5.74) is 5.50. The molecule has 1 aromatic carbocycles. The first-order chi connectivity index (χ1) is 5.70. The Kier molecular flexibility index (Phi) is 2.15. The Morgan fingerprint density at radius 1 is 1.58 bits per heavy atom. The van der Waals surface area contributed by atoms with Gasteiger partial charge in [0, 0.05) is 0 Å². The van der Waals surface area contributed by atoms with E-state index in [1.54, 1.807) is 6.07 Å². The first-order valence-electron chi connectivity index (χ1n) is 3.22. The Labute approximate surface area is 69.2 Å². The lowest BCUT2D eigenvalue weighted by molar-refractivity contribution is 0.388. The molecular weight excluding hydrogens is 159 g/mol. The van der Waals surface area contributed by atoms with Crippen LogP contribution in [0.3, 0.4) is 0 Å². The van der Waals surface area contributed by atoms with E-state index in [-0.39, 0.29) is 17.0 Å². The van der Waals surface area contributed by atoms with Gasteiger partial charge in [0.25, 0.3) is 0 Å². The summed E-state index contributed by atoms with van der Waals surface area (Å²) in [4.78, 5) is 0. The fraction of sp³-hybridized carbons (Fsp3) is 0.125. The number of methoxy groups -OCH3 is 1. The highest BCUT2D eigenvalue weighted by molar-refractivity contribution is 5.57. The molecule has 0 fully saturated rings. The molecule has 2 N–H and O–H groups in total. The van der Waals surface area contributed by atoms with Crippen molar-refractivity contribution >= 4 is 5.69 Å². The molecule has 0 aliphatic carbocycles. The van der Waals surface area contributed by atoms with E-state index in [2.05, 4.69) is 4.74 Å². The minimum Gasteiger partial charge on any atom is -0.492 e. The van der Waals surface area contributed by atoms with Crippen molar-refractivity contribution in [2.45, 2.75) is 0 Å². The minimum absolute atomic E-state index is 0.0685. The predicted molar refractivity (Wildman–Crippen MR) is 42.1 cm³/mol. The van der Waals surface area contributed by atoms with E-state index < -0.39 is 5.82 Å². The van der Waals surface area contributed by atoms with Crippen molar-refractivity contribution in [2.24, 2.45) is 0 Å². The number of rotatable bonds is 1. The van der Waals surface area contributed by atoms with Gasteiger partial charge in [0.05, 0.1) is 18.4 Å². The number of nitrogens with two attached hydrogens (primary N) is 1. The zero-order chi connectivity index (χ0) is 9.14. The van der Waals surface area contributed by atoms with Crippen molar-refractivity contribution in [3.8, 4) is 11.8 Å². The van der Waals surface area contributed by atoms with Gasteiger partial charge in [0.15, 0.2) is 11.6 Å². The van der Waals surface area contributed by atoms with Crippen LogP contribution in [0.15, 0.2) is 12.1 Å². The van der Waals surface area contributed by atoms with Crippen LogP contribution in [0, 0.1) is 17.1 Å². The van der Waals surface area contributed by atoms with E-state index in [1.807, 2.05) is 0 Å². The third-order valence-corrected chi connectivity index (χ3v) is 1.45. The predicted octanol–water partition coefficient (Wildman–Crippen LogP) is 1.29. The van der Waals surface area contributed by atoms with E-state index in [9.17, 15) is 4.39 Å². The second-order valence-corrected chi connectivity index (χ2v) is 2.16. The topological polar surface area (TPSA) is 59.0 Å². The van der Waals surface area contributed by atoms with Gasteiger partial charge < -0.3 is 10.5 Å². The minimum atomic E-state index is -0.708. The molecule has 0 saturated heterocycles. The Bertz CT molecular complexity index is 344. The van der Waals surface area contributed by atoms with Crippen LogP contribution >= 0.6 is 0 Å². The number of ether oxygens (including phenoxy) is 1. The lowest BCUT2D eigenvalue weighted by atomic mass is 10.2. The fourth-order valence-corrected chi connectivity index (χ4v) is 0.865. The van der Waals surface area contributed by atoms with Crippen molar-refractivity contribution in [1.82, 2.24) is 0 Å². The number of benzene rings is 1. The smallest absolute Gasteiger partial charge is 0.184 e. The molecule has 4 heteroatoms. The summed E-state index contributed by atoms with van der Waals surface area (Å²) in [6.07, 6.45) is 0. The van der Waals surface area contributed by atoms with Crippen LogP contribution in [-0.4, -0.2) is 7.11 Å². The average Bonchev–Trinajstić information content (AvgIpc) is 2.06. The molecule has 0 radical (unpaired) electrons. The Morgan fingerprint density at radius 3 is 2.75 bits per heavy atom. The summed E-state index contributed by atoms with van der Waals surface area (Å²) in [6.45, 7) is 0. The molecule has 0 saturated carbocycles. The summed E-state index contributed by atoms with van der Waals surface area (Å²) in [5.74, 6) is -0.783. The Morgan fingerprint density at radius 2 is 2.25 bits per heavy atom. The Balaban J connectivity index is 3.36. The van der Waals surface area contributed by atoms with Crippen LogP contribution in [0.4, 0.5) is 10.1 Å². The van der Waals surface area contributed by atoms with Crippen LogP contribution in [0.2, 0.25) is 0 Å². The van der Waals surface area contributed by atoms with Gasteiger partial charge in [0.1, 0.15) is 6.07 Å². The molecule has 0 unspecified atom stereocenters. The summed E-state index contributed by atoms with van der Waals surface area (Å²) < 4.78 is 17.8. The van der Waals surface area contributed by atoms with Gasteiger partial charge in [-0.15, -0.1) is 0 Å². The molecule has 1 rings (SSSR count). The van der Waals surface area contributed by atoms with Gasteiger partial charge in [0.2, 0.25) is 0 Å². The molecule has 0 bridgehead atoms. The first-order valence-corrected chi connectivity index (χ1v) is 3.22. The van der Waals surface area contributed by atoms with Crippen molar-refractivity contribution in [1.29, 1.82) is 5.26 Å². The number of nitrogens with zero attached hydrogens (tertiary/aromatic N) is 1. The summed E-state index contributed by atoms with van der Waals surface area (Å²) in [7, 11) is 1.30. The number of nitriles is 1. The molecule has 3 nitrogen and oxygen atoms in total. The standard InChI is InChI=1S/C8H7FN2O/c1-12-8-6(11)3-2-5(4-10)7(8)9/h2-3H,11H2,1H3. The summed E-state index contributed by atoms with van der Waals surface area (Å²) in [6, 6.07) is 4.43. The average molecular weight is 166 g/mol. The number of hydrogen-bond acceptors (Lipinski definition) is 3. The quantitative estimate of drug-likeness (QED) is 0.639. The Hall–Kier alpha value is -1.76. The molecule has 0 spiro atoms. The molecular formula is C8H7FN2O. The maximum atomic E-state index is 13.1. The molecule has 12 heavy (non-hydrogen) atoms. The van der Waals surface area contributed by atoms with Crippen LogP contribution in [-0.2, 0) is 0 Å². The van der Waals surface area contributed by atoms with Gasteiger partial charge in [-0.05, 0) is 12.1 Å². The number of hydrogen-bond donors (Lipinski definition) is 1. The molecule has 0 aliphatic heterocycles. The van der Waals surface area contributed by atoms with Crippen molar-refractivity contribution < 1.29 is 9.13 Å². The molecule has 0 atom stereocenters. The normalized spacial score (nSPS) is 9.08. The van der Waals surface area contributed by atoms with Crippen LogP contribution in [0.5, 0.6) is 5.75 Å². The number of anilines is 1. The second-order valence-electron chi connectivity index (χ2n) is 2.16. The zero-order valence-electron chi connectivity index (χ0n) is 6.47. The molecule has 62 valence electrons. The molecule has 1 aromatic rings. The van der Waals surface area contributed by atoms with Gasteiger partial charge in [-0.25, -0.2) is 4.39 Å². The van der Waals surface area contributed by atoms with Gasteiger partial charge >= 0.3 is 0 Å². The molecule has 0 heterocycles. The van der Waals surface area contributed by atoms with Gasteiger partial charge in [-0.2, -0.15) is 5.26 Å². The van der Waals surface area contributed by atoms with Crippen molar-refractivity contribution in [2.75, 3.05) is 12.8 Å². The monoisotopic (exact) mass is 166 g/mol. The molecule has 0 aromatic heterocycles. The third kappa shape index (κ3) is 1.17. The SMILES string of the molecule is COc1c(N)ccc(C#N)c1F. The highest BCUT2D eigenvalue weighted by Gasteiger charge is 2.11. The lowest BCUT2D eigenvalue weighted by Gasteiger charge is -2.05. The van der Waals surface area contributed by atoms with Crippen molar-refractivity contribution in [3.63, 3.8) is 0 Å². The fourth-order valence-electron chi connectivity index (χ4n) is 0.865. The maximum absolute atomic E-state index is 13.1. The first kappa shape index (κ1) is 8.34. The number of halogens is 1. The second kappa shape index (κ2) is 3.09. The van der Waals surface area contributed by atoms with E-state index in [0.29, 0.717) is 0 Å². The third-order valence-electron chi connectivity index (χ3n) is 1.45. The highest BCUT2D eigenvalue weighted by Crippen LogP contribution is 2.26. The van der Waals surface area contributed by atoms with Gasteiger partial charge in [-0.3, -0.25) is 0 Å². The lowest BCUT2D eigenvalue weighted by Crippen LogP contribution is -1.97. The largest absolute Gasteiger partial charge is 0.492 e. The van der Waals surface area contributed by atoms with Crippen LogP contribution in [0.1, 0.15) is 5.56 Å². The summed E-state index contributed by atoms with van der Waals surface area (Å²) >= 11 is 0. The van der Waals surface area contributed by atoms with Gasteiger partial charge in [-0.1, -0.05) is 0 Å². The van der Waals surface area contributed by atoms with Crippen LogP contribution in [0.25, 0.3) is 0 Å². The molecule has 0 amide bonds. The number of nitrogen functional groups attached to an aromatic ring is 1. The van der Waals surface area contributed by atoms with E-state index in [4.69, 9.17) is 11.0 Å². The van der Waals surface area contributed by atoms with Crippen molar-refractivity contribution in [3.05, 3.63) is 23.5 Å². The van der Waals surface area contributed by atoms with Crippen LogP contribution < -0.4 is 10.5 Å². The van der Waals surface area contributed by atoms with E-state index in [0.717, 1.165) is 0 Å². The van der Waals surface area contributed by atoms with E-state index >= 15 is 0 Å². The van der Waals surface area contributed by atoms with E-state index in [1.165, 1.54) is 19.2 Å². The zero-order valence-corrected chi connectivity index (χ0v) is 6.47. The summed E-state index contributed by atoms with van der Waals surface area (Å²) in [5, 5.41) is 8.44. The molecule has 0 aliphatic rings. The highest BCUT2D eigenvalue weighted by atomic mass is 19.1. The maximum Gasteiger partial charge on any atom is 0.184 e.